The fourth-order valence-electron chi connectivity index (χ4n) is 2.85. The Morgan fingerprint density at radius 1 is 1.29 bits per heavy atom. The van der Waals surface area contributed by atoms with Gasteiger partial charge in [-0.1, -0.05) is 24.3 Å². The number of fused-ring (bicyclic) bond motifs is 1. The van der Waals surface area contributed by atoms with Crippen LogP contribution in [0.25, 0.3) is 0 Å². The fourth-order valence-corrected chi connectivity index (χ4v) is 2.85. The predicted octanol–water partition coefficient (Wildman–Crippen LogP) is 0.0129. The van der Waals surface area contributed by atoms with Crippen LogP contribution in [0.2, 0.25) is 0 Å². The van der Waals surface area contributed by atoms with Crippen molar-refractivity contribution in [3.8, 4) is 0 Å². The molecule has 6 nitrogen and oxygen atoms in total. The molecule has 2 atom stereocenters. The Labute approximate surface area is 122 Å². The van der Waals surface area contributed by atoms with Gasteiger partial charge in [0, 0.05) is 13.1 Å². The maximum Gasteiger partial charge on any atom is 0.334 e. The first kappa shape index (κ1) is 14.0. The maximum absolute atomic E-state index is 12.5. The Morgan fingerprint density at radius 2 is 2.05 bits per heavy atom. The van der Waals surface area contributed by atoms with E-state index >= 15 is 0 Å². The van der Waals surface area contributed by atoms with E-state index in [0.29, 0.717) is 19.5 Å². The zero-order valence-electron chi connectivity index (χ0n) is 11.6. The highest BCUT2D eigenvalue weighted by atomic mass is 16.5. The average molecular weight is 290 g/mol. The lowest BCUT2D eigenvalue weighted by Crippen LogP contribution is -2.55. The molecular formula is C15H18N2O4. The van der Waals surface area contributed by atoms with E-state index in [9.17, 15) is 9.59 Å². The molecule has 6 heteroatoms. The summed E-state index contributed by atoms with van der Waals surface area (Å²) in [4.78, 5) is 25.1. The van der Waals surface area contributed by atoms with Crippen LogP contribution in [-0.4, -0.2) is 53.7 Å². The summed E-state index contributed by atoms with van der Waals surface area (Å²) < 4.78 is 5.15. The number of hydrogen-bond acceptors (Lipinski definition) is 4. The van der Waals surface area contributed by atoms with E-state index in [0.717, 1.165) is 0 Å². The SMILES string of the molecule is O=C(O)C1CN(C(=O)C2Cc3ccccc3CN2)CCO1. The molecule has 1 aromatic carbocycles. The number of amides is 1. The minimum atomic E-state index is -1.02. The van der Waals surface area contributed by atoms with Gasteiger partial charge in [-0.05, 0) is 17.5 Å². The van der Waals surface area contributed by atoms with Crippen molar-refractivity contribution in [2.45, 2.75) is 25.1 Å². The molecule has 0 bridgehead atoms. The summed E-state index contributed by atoms with van der Waals surface area (Å²) in [6, 6.07) is 7.77. The monoisotopic (exact) mass is 290 g/mol. The fraction of sp³-hybridized carbons (Fsp3) is 0.467. The second-order valence-electron chi connectivity index (χ2n) is 5.39. The van der Waals surface area contributed by atoms with Crippen LogP contribution >= 0.6 is 0 Å². The summed E-state index contributed by atoms with van der Waals surface area (Å²) >= 11 is 0. The van der Waals surface area contributed by atoms with Gasteiger partial charge >= 0.3 is 5.97 Å². The normalized spacial score (nSPS) is 25.2. The number of carboxylic acids is 1. The molecule has 2 aliphatic rings. The summed E-state index contributed by atoms with van der Waals surface area (Å²) in [5, 5.41) is 12.2. The molecule has 0 saturated carbocycles. The number of carboxylic acid groups (broad SMARTS) is 1. The second kappa shape index (κ2) is 5.83. The van der Waals surface area contributed by atoms with Crippen molar-refractivity contribution in [3.63, 3.8) is 0 Å². The van der Waals surface area contributed by atoms with Gasteiger partial charge in [0.25, 0.3) is 0 Å². The van der Waals surface area contributed by atoms with Gasteiger partial charge < -0.3 is 20.1 Å². The van der Waals surface area contributed by atoms with E-state index in [1.54, 1.807) is 4.90 Å². The Bertz CT molecular complexity index is 560. The van der Waals surface area contributed by atoms with Crippen molar-refractivity contribution in [1.82, 2.24) is 10.2 Å². The minimum absolute atomic E-state index is 0.0425. The van der Waals surface area contributed by atoms with Crippen LogP contribution in [0.15, 0.2) is 24.3 Å². The molecule has 1 amide bonds. The summed E-state index contributed by atoms with van der Waals surface area (Å²) in [7, 11) is 0. The molecule has 21 heavy (non-hydrogen) atoms. The lowest BCUT2D eigenvalue weighted by molar-refractivity contribution is -0.160. The van der Waals surface area contributed by atoms with Crippen LogP contribution in [-0.2, 0) is 27.3 Å². The highest BCUT2D eigenvalue weighted by Gasteiger charge is 2.33. The molecule has 0 aromatic heterocycles. The highest BCUT2D eigenvalue weighted by Crippen LogP contribution is 2.18. The zero-order chi connectivity index (χ0) is 14.8. The van der Waals surface area contributed by atoms with Crippen LogP contribution in [0.3, 0.4) is 0 Å². The van der Waals surface area contributed by atoms with E-state index in [-0.39, 0.29) is 25.1 Å². The van der Waals surface area contributed by atoms with Crippen LogP contribution in [0, 0.1) is 0 Å². The van der Waals surface area contributed by atoms with Gasteiger partial charge in [0.1, 0.15) is 0 Å². The number of benzene rings is 1. The zero-order valence-corrected chi connectivity index (χ0v) is 11.6. The van der Waals surface area contributed by atoms with Gasteiger partial charge in [0.15, 0.2) is 6.10 Å². The van der Waals surface area contributed by atoms with Gasteiger partial charge in [-0.25, -0.2) is 4.79 Å². The molecule has 1 saturated heterocycles. The highest BCUT2D eigenvalue weighted by molar-refractivity contribution is 5.83. The van der Waals surface area contributed by atoms with E-state index in [2.05, 4.69) is 11.4 Å². The summed E-state index contributed by atoms with van der Waals surface area (Å²) in [5.41, 5.74) is 2.39. The molecule has 2 aliphatic heterocycles. The molecule has 2 N–H and O–H groups in total. The van der Waals surface area contributed by atoms with Crippen molar-refractivity contribution in [2.75, 3.05) is 19.7 Å². The standard InChI is InChI=1S/C15H18N2O4/c18-14(17-5-6-21-13(9-17)15(19)20)12-7-10-3-1-2-4-11(10)8-16-12/h1-4,12-13,16H,5-9H2,(H,19,20). The van der Waals surface area contributed by atoms with Gasteiger partial charge in [0.2, 0.25) is 5.91 Å². The third kappa shape index (κ3) is 2.91. The third-order valence-corrected chi connectivity index (χ3v) is 4.03. The van der Waals surface area contributed by atoms with Crippen LogP contribution in [0.5, 0.6) is 0 Å². The lowest BCUT2D eigenvalue weighted by Gasteiger charge is -2.35. The average Bonchev–Trinajstić information content (AvgIpc) is 2.53. The Morgan fingerprint density at radius 3 is 2.81 bits per heavy atom. The Hall–Kier alpha value is -1.92. The summed E-state index contributed by atoms with van der Waals surface area (Å²) in [6.07, 6.45) is -0.275. The van der Waals surface area contributed by atoms with Crippen LogP contribution < -0.4 is 5.32 Å². The molecular weight excluding hydrogens is 272 g/mol. The maximum atomic E-state index is 12.5. The van der Waals surface area contributed by atoms with Gasteiger partial charge in [0.05, 0.1) is 19.2 Å². The van der Waals surface area contributed by atoms with Crippen molar-refractivity contribution in [1.29, 1.82) is 0 Å². The quantitative estimate of drug-likeness (QED) is 0.802. The molecule has 3 rings (SSSR count). The topological polar surface area (TPSA) is 78.9 Å². The first-order valence-electron chi connectivity index (χ1n) is 7.08. The number of morpholine rings is 1. The first-order chi connectivity index (χ1) is 10.1. The molecule has 0 spiro atoms. The third-order valence-electron chi connectivity index (χ3n) is 4.03. The molecule has 112 valence electrons. The molecule has 0 radical (unpaired) electrons. The number of hydrogen-bond donors (Lipinski definition) is 2. The molecule has 1 aromatic rings. The Kier molecular flexibility index (Phi) is 3.90. The van der Waals surface area contributed by atoms with E-state index in [1.165, 1.54) is 11.1 Å². The van der Waals surface area contributed by atoms with Gasteiger partial charge in [-0.3, -0.25) is 4.79 Å². The molecule has 2 heterocycles. The summed E-state index contributed by atoms with van der Waals surface area (Å²) in [5.74, 6) is -1.06. The minimum Gasteiger partial charge on any atom is -0.479 e. The number of ether oxygens (including phenoxy) is 1. The van der Waals surface area contributed by atoms with Crippen molar-refractivity contribution in [3.05, 3.63) is 35.4 Å². The lowest BCUT2D eigenvalue weighted by atomic mass is 9.95. The number of nitrogens with one attached hydrogen (secondary N) is 1. The number of nitrogens with zero attached hydrogens (tertiary/aromatic N) is 1. The summed E-state index contributed by atoms with van der Waals surface area (Å²) in [6.45, 7) is 1.50. The number of aliphatic carboxylic acids is 1. The van der Waals surface area contributed by atoms with Crippen molar-refractivity contribution in [2.24, 2.45) is 0 Å². The van der Waals surface area contributed by atoms with Crippen molar-refractivity contribution < 1.29 is 19.4 Å². The number of rotatable bonds is 2. The second-order valence-corrected chi connectivity index (χ2v) is 5.39. The van der Waals surface area contributed by atoms with Crippen LogP contribution in [0.1, 0.15) is 11.1 Å². The number of carbonyl (C=O) groups excluding carboxylic acids is 1. The van der Waals surface area contributed by atoms with Gasteiger partial charge in [-0.2, -0.15) is 0 Å². The largest absolute Gasteiger partial charge is 0.479 e. The molecule has 1 fully saturated rings. The molecule has 0 aliphatic carbocycles. The molecule has 2 unspecified atom stereocenters. The van der Waals surface area contributed by atoms with Crippen molar-refractivity contribution >= 4 is 11.9 Å². The number of carbonyl (C=O) groups is 2. The smallest absolute Gasteiger partial charge is 0.334 e. The first-order valence-corrected chi connectivity index (χ1v) is 7.08. The van der Waals surface area contributed by atoms with E-state index in [1.807, 2.05) is 18.2 Å². The van der Waals surface area contributed by atoms with E-state index in [4.69, 9.17) is 9.84 Å². The van der Waals surface area contributed by atoms with Gasteiger partial charge in [-0.15, -0.1) is 0 Å². The Balaban J connectivity index is 1.67. The predicted molar refractivity (Wildman–Crippen MR) is 74.7 cm³/mol. The van der Waals surface area contributed by atoms with E-state index < -0.39 is 12.1 Å². The van der Waals surface area contributed by atoms with Crippen LogP contribution in [0.4, 0.5) is 0 Å².